The number of hydrogen-bond donors (Lipinski definition) is 0. The van der Waals surface area contributed by atoms with Crippen LogP contribution in [-0.2, 0) is 6.54 Å². The van der Waals surface area contributed by atoms with Crippen LogP contribution in [0.25, 0.3) is 0 Å². The maximum atomic E-state index is 4.03. The molecule has 0 aliphatic carbocycles. The van der Waals surface area contributed by atoms with Gasteiger partial charge in [0, 0.05) is 30.3 Å². The summed E-state index contributed by atoms with van der Waals surface area (Å²) < 4.78 is 2.34. The molecule has 0 aliphatic rings. The van der Waals surface area contributed by atoms with Gasteiger partial charge in [0.05, 0.1) is 0 Å². The zero-order chi connectivity index (χ0) is 10.8. The Kier molecular flexibility index (Phi) is 2.58. The van der Waals surface area contributed by atoms with Crippen LogP contribution in [0.1, 0.15) is 22.5 Å². The van der Waals surface area contributed by atoms with E-state index in [1.54, 1.807) is 0 Å². The Morgan fingerprint density at radius 1 is 1.13 bits per heavy atom. The molecular weight excluding hydrogens is 184 g/mol. The highest BCUT2D eigenvalue weighted by atomic mass is 15.0. The maximum absolute atomic E-state index is 4.03. The lowest BCUT2D eigenvalue weighted by atomic mass is 10.2. The summed E-state index contributed by atoms with van der Waals surface area (Å²) >= 11 is 0. The standard InChI is InChI=1S/C13H16N2/c1-10-8-11(2)15(12(10)3)9-13-4-6-14-7-5-13/h4-8H,9H2,1-3H3. The molecule has 0 unspecified atom stereocenters. The predicted molar refractivity (Wildman–Crippen MR) is 62.0 cm³/mol. The van der Waals surface area contributed by atoms with Crippen LogP contribution in [0.5, 0.6) is 0 Å². The highest BCUT2D eigenvalue weighted by Crippen LogP contribution is 2.15. The molecule has 2 aromatic rings. The molecule has 0 fully saturated rings. The van der Waals surface area contributed by atoms with Gasteiger partial charge in [0.2, 0.25) is 0 Å². The van der Waals surface area contributed by atoms with E-state index in [-0.39, 0.29) is 0 Å². The van der Waals surface area contributed by atoms with E-state index < -0.39 is 0 Å². The van der Waals surface area contributed by atoms with Crippen molar-refractivity contribution < 1.29 is 0 Å². The monoisotopic (exact) mass is 200 g/mol. The number of pyridine rings is 1. The van der Waals surface area contributed by atoms with Crippen molar-refractivity contribution in [2.75, 3.05) is 0 Å². The third kappa shape index (κ3) is 1.94. The van der Waals surface area contributed by atoms with Crippen molar-refractivity contribution in [3.05, 3.63) is 53.1 Å². The zero-order valence-corrected chi connectivity index (χ0v) is 9.49. The average molecular weight is 200 g/mol. The summed E-state index contributed by atoms with van der Waals surface area (Å²) in [5.74, 6) is 0. The van der Waals surface area contributed by atoms with Gasteiger partial charge in [-0.1, -0.05) is 0 Å². The van der Waals surface area contributed by atoms with Crippen molar-refractivity contribution in [1.82, 2.24) is 9.55 Å². The van der Waals surface area contributed by atoms with Gasteiger partial charge in [0.1, 0.15) is 0 Å². The van der Waals surface area contributed by atoms with Crippen molar-refractivity contribution in [3.63, 3.8) is 0 Å². The first-order chi connectivity index (χ1) is 7.18. The minimum atomic E-state index is 0.939. The van der Waals surface area contributed by atoms with Gasteiger partial charge >= 0.3 is 0 Å². The van der Waals surface area contributed by atoms with Crippen molar-refractivity contribution in [2.24, 2.45) is 0 Å². The summed E-state index contributed by atoms with van der Waals surface area (Å²) in [5, 5.41) is 0. The first-order valence-electron chi connectivity index (χ1n) is 5.20. The quantitative estimate of drug-likeness (QED) is 0.729. The molecule has 78 valence electrons. The molecule has 2 heterocycles. The van der Waals surface area contributed by atoms with Gasteiger partial charge in [-0.15, -0.1) is 0 Å². The van der Waals surface area contributed by atoms with E-state index in [9.17, 15) is 0 Å². The van der Waals surface area contributed by atoms with E-state index in [0.29, 0.717) is 0 Å². The number of aryl methyl sites for hydroxylation is 2. The third-order valence-electron chi connectivity index (χ3n) is 2.92. The first-order valence-corrected chi connectivity index (χ1v) is 5.20. The fraction of sp³-hybridized carbons (Fsp3) is 0.308. The van der Waals surface area contributed by atoms with E-state index in [2.05, 4.69) is 48.5 Å². The number of rotatable bonds is 2. The van der Waals surface area contributed by atoms with Crippen LogP contribution in [0.3, 0.4) is 0 Å². The van der Waals surface area contributed by atoms with E-state index in [1.165, 1.54) is 22.5 Å². The van der Waals surface area contributed by atoms with Gasteiger partial charge in [-0.25, -0.2) is 0 Å². The molecule has 0 bridgehead atoms. The largest absolute Gasteiger partial charge is 0.345 e. The van der Waals surface area contributed by atoms with Crippen LogP contribution < -0.4 is 0 Å². The highest BCUT2D eigenvalue weighted by molar-refractivity contribution is 5.26. The van der Waals surface area contributed by atoms with Crippen molar-refractivity contribution >= 4 is 0 Å². The molecule has 0 aromatic carbocycles. The predicted octanol–water partition coefficient (Wildman–Crippen LogP) is 2.86. The molecule has 0 N–H and O–H groups in total. The lowest BCUT2D eigenvalue weighted by molar-refractivity contribution is 0.746. The van der Waals surface area contributed by atoms with E-state index in [4.69, 9.17) is 0 Å². The van der Waals surface area contributed by atoms with Gasteiger partial charge in [0.25, 0.3) is 0 Å². The van der Waals surface area contributed by atoms with Crippen LogP contribution in [0.15, 0.2) is 30.6 Å². The van der Waals surface area contributed by atoms with E-state index in [1.807, 2.05) is 12.4 Å². The lowest BCUT2D eigenvalue weighted by Crippen LogP contribution is -2.03. The number of nitrogens with zero attached hydrogens (tertiary/aromatic N) is 2. The molecule has 0 radical (unpaired) electrons. The number of aromatic nitrogens is 2. The topological polar surface area (TPSA) is 17.8 Å². The van der Waals surface area contributed by atoms with Crippen LogP contribution in [0, 0.1) is 20.8 Å². The average Bonchev–Trinajstić information content (AvgIpc) is 2.47. The molecule has 0 saturated heterocycles. The van der Waals surface area contributed by atoms with Crippen LogP contribution in [-0.4, -0.2) is 9.55 Å². The smallest absolute Gasteiger partial charge is 0.0476 e. The maximum Gasteiger partial charge on any atom is 0.0476 e. The Bertz CT molecular complexity index is 455. The lowest BCUT2D eigenvalue weighted by Gasteiger charge is -2.09. The van der Waals surface area contributed by atoms with Gasteiger partial charge in [-0.2, -0.15) is 0 Å². The second-order valence-electron chi connectivity index (χ2n) is 4.00. The van der Waals surface area contributed by atoms with Crippen molar-refractivity contribution in [1.29, 1.82) is 0 Å². The highest BCUT2D eigenvalue weighted by Gasteiger charge is 2.05. The second kappa shape index (κ2) is 3.89. The van der Waals surface area contributed by atoms with Crippen LogP contribution in [0.2, 0.25) is 0 Å². The molecule has 15 heavy (non-hydrogen) atoms. The minimum Gasteiger partial charge on any atom is -0.345 e. The Balaban J connectivity index is 2.32. The summed E-state index contributed by atoms with van der Waals surface area (Å²) in [6.07, 6.45) is 3.69. The molecule has 2 rings (SSSR count). The fourth-order valence-electron chi connectivity index (χ4n) is 1.89. The van der Waals surface area contributed by atoms with Crippen LogP contribution >= 0.6 is 0 Å². The summed E-state index contributed by atoms with van der Waals surface area (Å²) in [6.45, 7) is 7.42. The van der Waals surface area contributed by atoms with E-state index in [0.717, 1.165) is 6.54 Å². The van der Waals surface area contributed by atoms with Gasteiger partial charge in [-0.3, -0.25) is 4.98 Å². The SMILES string of the molecule is Cc1cc(C)n(Cc2ccncc2)c1C. The molecule has 2 aromatic heterocycles. The molecule has 2 nitrogen and oxygen atoms in total. The Hall–Kier alpha value is -1.57. The van der Waals surface area contributed by atoms with Gasteiger partial charge in [0.15, 0.2) is 0 Å². The molecule has 2 heteroatoms. The minimum absolute atomic E-state index is 0.939. The molecule has 0 aliphatic heterocycles. The summed E-state index contributed by atoms with van der Waals surface area (Å²) in [6, 6.07) is 6.36. The number of hydrogen-bond acceptors (Lipinski definition) is 1. The van der Waals surface area contributed by atoms with Gasteiger partial charge in [-0.05, 0) is 50.1 Å². The Morgan fingerprint density at radius 3 is 2.33 bits per heavy atom. The third-order valence-corrected chi connectivity index (χ3v) is 2.92. The van der Waals surface area contributed by atoms with Crippen molar-refractivity contribution in [3.8, 4) is 0 Å². The molecular formula is C13H16N2. The van der Waals surface area contributed by atoms with E-state index >= 15 is 0 Å². The Labute approximate surface area is 90.6 Å². The van der Waals surface area contributed by atoms with Gasteiger partial charge < -0.3 is 4.57 Å². The fourth-order valence-corrected chi connectivity index (χ4v) is 1.89. The second-order valence-corrected chi connectivity index (χ2v) is 4.00. The van der Waals surface area contributed by atoms with Crippen LogP contribution in [0.4, 0.5) is 0 Å². The normalized spacial score (nSPS) is 10.6. The summed E-state index contributed by atoms with van der Waals surface area (Å²) in [5.41, 5.74) is 5.33. The zero-order valence-electron chi connectivity index (χ0n) is 9.49. The Morgan fingerprint density at radius 2 is 1.80 bits per heavy atom. The molecule has 0 amide bonds. The van der Waals surface area contributed by atoms with Crippen molar-refractivity contribution in [2.45, 2.75) is 27.3 Å². The summed E-state index contributed by atoms with van der Waals surface area (Å²) in [4.78, 5) is 4.03. The first kappa shape index (κ1) is 9.97. The molecule has 0 saturated carbocycles. The molecule has 0 atom stereocenters. The molecule has 0 spiro atoms. The summed E-state index contributed by atoms with van der Waals surface area (Å²) in [7, 11) is 0.